The fourth-order valence-corrected chi connectivity index (χ4v) is 5.11. The predicted molar refractivity (Wildman–Crippen MR) is 171 cm³/mol. The molecule has 0 spiro atoms. The Morgan fingerprint density at radius 3 is 1.98 bits per heavy atom. The largest absolute Gasteiger partial charge is 0.481 e. The number of benzene rings is 1. The number of aliphatic hydroxyl groups is 1. The SMILES string of the molecule is C[C@H](N)C(=O)N[C@H](C(=O)N1CCC[C@H]1C(=O)N[C@@H](Cc1ccccc1)C(=O)N[C@@H](CCC(N)=O)C(=O)N[C@@H](CCC(=O)O)C(=O)O)[C@@H](C)O. The number of carbonyl (C=O) groups excluding carboxylic acids is 6. The molecule has 0 aliphatic carbocycles. The number of hydrogen-bond acceptors (Lipinski definition) is 10. The van der Waals surface area contributed by atoms with Crippen molar-refractivity contribution in [3.05, 3.63) is 35.9 Å². The van der Waals surface area contributed by atoms with E-state index in [0.717, 1.165) is 0 Å². The molecule has 1 fully saturated rings. The molecule has 49 heavy (non-hydrogen) atoms. The minimum atomic E-state index is -1.62. The van der Waals surface area contributed by atoms with Crippen molar-refractivity contribution in [1.82, 2.24) is 26.2 Å². The van der Waals surface area contributed by atoms with Crippen molar-refractivity contribution in [3.8, 4) is 0 Å². The molecule has 7 atom stereocenters. The summed E-state index contributed by atoms with van der Waals surface area (Å²) in [5.74, 6) is -7.70. The van der Waals surface area contributed by atoms with Crippen LogP contribution in [0.2, 0.25) is 0 Å². The van der Waals surface area contributed by atoms with Crippen LogP contribution in [0.3, 0.4) is 0 Å². The van der Waals surface area contributed by atoms with Crippen LogP contribution >= 0.6 is 0 Å². The molecule has 6 amide bonds. The number of rotatable bonds is 19. The summed E-state index contributed by atoms with van der Waals surface area (Å²) in [7, 11) is 0. The summed E-state index contributed by atoms with van der Waals surface area (Å²) in [5.41, 5.74) is 11.4. The van der Waals surface area contributed by atoms with Crippen LogP contribution in [0.4, 0.5) is 0 Å². The normalized spacial score (nSPS) is 17.7. The van der Waals surface area contributed by atoms with Crippen LogP contribution in [0.1, 0.15) is 57.9 Å². The molecule has 0 unspecified atom stereocenters. The van der Waals surface area contributed by atoms with Crippen LogP contribution in [0, 0.1) is 0 Å². The second-order valence-electron chi connectivity index (χ2n) is 11.9. The average molecular weight is 692 g/mol. The molecule has 18 nitrogen and oxygen atoms in total. The molecule has 270 valence electrons. The summed E-state index contributed by atoms with van der Waals surface area (Å²) in [6, 6.07) is 0.558. The second kappa shape index (κ2) is 19.0. The van der Waals surface area contributed by atoms with E-state index in [2.05, 4.69) is 21.3 Å². The van der Waals surface area contributed by atoms with Gasteiger partial charge in [0, 0.05) is 25.8 Å². The van der Waals surface area contributed by atoms with E-state index in [-0.39, 0.29) is 32.2 Å². The Morgan fingerprint density at radius 1 is 0.837 bits per heavy atom. The molecular weight excluding hydrogens is 646 g/mol. The number of likely N-dealkylation sites (tertiary alicyclic amines) is 1. The van der Waals surface area contributed by atoms with Crippen LogP contribution < -0.4 is 32.7 Å². The summed E-state index contributed by atoms with van der Waals surface area (Å²) in [4.78, 5) is 102. The summed E-state index contributed by atoms with van der Waals surface area (Å²) >= 11 is 0. The number of primary amides is 1. The Hall–Kier alpha value is -5.10. The number of hydrogen-bond donors (Lipinski definition) is 9. The summed E-state index contributed by atoms with van der Waals surface area (Å²) in [5, 5.41) is 38.3. The van der Waals surface area contributed by atoms with Gasteiger partial charge in [-0.3, -0.25) is 33.6 Å². The molecule has 1 aliphatic rings. The van der Waals surface area contributed by atoms with E-state index in [9.17, 15) is 48.6 Å². The number of aliphatic carboxylic acids is 2. The van der Waals surface area contributed by atoms with Crippen molar-refractivity contribution in [1.29, 1.82) is 0 Å². The molecule has 1 aromatic carbocycles. The number of carbonyl (C=O) groups is 8. The van der Waals surface area contributed by atoms with Gasteiger partial charge in [0.2, 0.25) is 35.4 Å². The van der Waals surface area contributed by atoms with Gasteiger partial charge in [-0.25, -0.2) is 4.79 Å². The highest BCUT2D eigenvalue weighted by molar-refractivity contribution is 5.97. The molecule has 0 aromatic heterocycles. The van der Waals surface area contributed by atoms with Gasteiger partial charge >= 0.3 is 11.9 Å². The zero-order valence-corrected chi connectivity index (χ0v) is 27.3. The van der Waals surface area contributed by atoms with Crippen LogP contribution in [0.15, 0.2) is 30.3 Å². The smallest absolute Gasteiger partial charge is 0.326 e. The molecule has 18 heteroatoms. The number of carboxylic acids is 2. The van der Waals surface area contributed by atoms with Crippen LogP contribution in [-0.2, 0) is 44.8 Å². The van der Waals surface area contributed by atoms with Gasteiger partial charge in [0.1, 0.15) is 30.2 Å². The third kappa shape index (κ3) is 12.8. The van der Waals surface area contributed by atoms with Crippen LogP contribution in [0.5, 0.6) is 0 Å². The molecular formula is C31H45N7O11. The lowest BCUT2D eigenvalue weighted by Crippen LogP contribution is -2.60. The van der Waals surface area contributed by atoms with E-state index in [1.54, 1.807) is 30.3 Å². The Balaban J connectivity index is 2.33. The zero-order chi connectivity index (χ0) is 36.8. The lowest BCUT2D eigenvalue weighted by atomic mass is 10.0. The highest BCUT2D eigenvalue weighted by atomic mass is 16.4. The van der Waals surface area contributed by atoms with Gasteiger partial charge in [0.15, 0.2) is 0 Å². The molecule has 1 heterocycles. The van der Waals surface area contributed by atoms with E-state index < -0.39 is 103 Å². The van der Waals surface area contributed by atoms with Crippen LogP contribution in [0.25, 0.3) is 0 Å². The minimum Gasteiger partial charge on any atom is -0.481 e. The van der Waals surface area contributed by atoms with E-state index in [4.69, 9.17) is 16.6 Å². The first-order valence-electron chi connectivity index (χ1n) is 15.7. The first-order valence-corrected chi connectivity index (χ1v) is 15.7. The third-order valence-corrected chi connectivity index (χ3v) is 7.79. The van der Waals surface area contributed by atoms with E-state index >= 15 is 0 Å². The van der Waals surface area contributed by atoms with E-state index in [0.29, 0.717) is 12.0 Å². The molecule has 0 saturated carbocycles. The van der Waals surface area contributed by atoms with Gasteiger partial charge in [-0.2, -0.15) is 0 Å². The highest BCUT2D eigenvalue weighted by Crippen LogP contribution is 2.20. The monoisotopic (exact) mass is 691 g/mol. The summed E-state index contributed by atoms with van der Waals surface area (Å²) < 4.78 is 0. The molecule has 1 aliphatic heterocycles. The maximum absolute atomic E-state index is 13.7. The van der Waals surface area contributed by atoms with Gasteiger partial charge in [-0.1, -0.05) is 30.3 Å². The second-order valence-corrected chi connectivity index (χ2v) is 11.9. The molecule has 2 rings (SSSR count). The number of amides is 6. The Bertz CT molecular complexity index is 1370. The summed E-state index contributed by atoms with van der Waals surface area (Å²) in [6.45, 7) is 2.81. The number of aliphatic hydroxyl groups excluding tert-OH is 1. The van der Waals surface area contributed by atoms with Crippen molar-refractivity contribution in [2.24, 2.45) is 11.5 Å². The topological polar surface area (TPSA) is 301 Å². The van der Waals surface area contributed by atoms with Crippen molar-refractivity contribution >= 4 is 47.4 Å². The average Bonchev–Trinajstić information content (AvgIpc) is 3.53. The quantitative estimate of drug-likeness (QED) is 0.0706. The van der Waals surface area contributed by atoms with Crippen molar-refractivity contribution in [2.45, 2.75) is 101 Å². The minimum absolute atomic E-state index is 0.0830. The van der Waals surface area contributed by atoms with Gasteiger partial charge < -0.3 is 53.0 Å². The predicted octanol–water partition coefficient (Wildman–Crippen LogP) is -2.90. The first-order chi connectivity index (χ1) is 23.0. The zero-order valence-electron chi connectivity index (χ0n) is 27.3. The Morgan fingerprint density at radius 2 is 1.43 bits per heavy atom. The van der Waals surface area contributed by atoms with E-state index in [1.807, 2.05) is 0 Å². The number of nitrogens with one attached hydrogen (secondary N) is 4. The maximum Gasteiger partial charge on any atom is 0.326 e. The van der Waals surface area contributed by atoms with Gasteiger partial charge in [0.05, 0.1) is 12.1 Å². The van der Waals surface area contributed by atoms with Crippen LogP contribution in [-0.4, -0.2) is 117 Å². The van der Waals surface area contributed by atoms with Gasteiger partial charge in [-0.05, 0) is 45.1 Å². The molecule has 1 aromatic rings. The van der Waals surface area contributed by atoms with E-state index in [1.165, 1.54) is 18.7 Å². The number of nitrogens with zero attached hydrogens (tertiary/aromatic N) is 1. The van der Waals surface area contributed by atoms with Crippen molar-refractivity contribution in [3.63, 3.8) is 0 Å². The van der Waals surface area contributed by atoms with Gasteiger partial charge in [-0.15, -0.1) is 0 Å². The molecule has 0 bridgehead atoms. The Kier molecular flexibility index (Phi) is 15.6. The van der Waals surface area contributed by atoms with Gasteiger partial charge in [0.25, 0.3) is 0 Å². The molecule has 0 radical (unpaired) electrons. The highest BCUT2D eigenvalue weighted by Gasteiger charge is 2.40. The first kappa shape index (κ1) is 40.1. The molecule has 11 N–H and O–H groups in total. The fourth-order valence-electron chi connectivity index (χ4n) is 5.11. The maximum atomic E-state index is 13.7. The number of carboxylic acid groups (broad SMARTS) is 2. The van der Waals surface area contributed by atoms with Crippen molar-refractivity contribution < 1.29 is 53.7 Å². The third-order valence-electron chi connectivity index (χ3n) is 7.79. The van der Waals surface area contributed by atoms with Crippen molar-refractivity contribution in [2.75, 3.05) is 6.54 Å². The Labute approximate surface area is 282 Å². The number of nitrogens with two attached hydrogens (primary N) is 2. The summed E-state index contributed by atoms with van der Waals surface area (Å²) in [6.07, 6.45) is -2.58. The fraction of sp³-hybridized carbons (Fsp3) is 0.548. The molecule has 1 saturated heterocycles. The lowest BCUT2D eigenvalue weighted by molar-refractivity contribution is -0.144. The lowest BCUT2D eigenvalue weighted by Gasteiger charge is -2.31. The standard InChI is InChI=1S/C31H45N7O11/c1-16(32)26(43)37-25(17(2)39)30(47)38-14-6-9-22(38)29(46)36-21(15-18-7-4-3-5-8-18)28(45)34-19(10-12-23(33)40)27(44)35-20(31(48)49)11-13-24(41)42/h3-5,7-8,16-17,19-22,25,39H,6,9-15,32H2,1-2H3,(H2,33,40)(H,34,45)(H,35,44)(H,36,46)(H,37,43)(H,41,42)(H,48,49)/t16-,17+,19-,20-,21-,22-,25-/m0/s1.